The molecule has 5 nitrogen and oxygen atoms in total. The van der Waals surface area contributed by atoms with Crippen LogP contribution in [0.4, 0.5) is 0 Å². The van der Waals surface area contributed by atoms with Crippen LogP contribution in [0.2, 0.25) is 0 Å². The van der Waals surface area contributed by atoms with Gasteiger partial charge in [0.2, 0.25) is 0 Å². The maximum Gasteiger partial charge on any atom is 0.188 e. The van der Waals surface area contributed by atoms with Gasteiger partial charge < -0.3 is 15.6 Å². The second-order valence-corrected chi connectivity index (χ2v) is 5.44. The maximum absolute atomic E-state index is 5.86. The fourth-order valence-electron chi connectivity index (χ4n) is 1.91. The quantitative estimate of drug-likeness (QED) is 0.405. The van der Waals surface area contributed by atoms with E-state index in [1.165, 1.54) is 12.8 Å². The number of guanidine groups is 1. The first kappa shape index (κ1) is 19.2. The monoisotopic (exact) mass is 393 g/mol. The van der Waals surface area contributed by atoms with Crippen molar-refractivity contribution in [3.8, 4) is 0 Å². The highest BCUT2D eigenvalue weighted by Gasteiger charge is 2.03. The summed E-state index contributed by atoms with van der Waals surface area (Å²) in [5.74, 6) is 1.31. The number of nitrogens with two attached hydrogens (primary N) is 1. The molecule has 0 saturated heterocycles. The van der Waals surface area contributed by atoms with E-state index in [0.29, 0.717) is 18.5 Å². The number of nitrogens with zero attached hydrogens (tertiary/aromatic N) is 3. The van der Waals surface area contributed by atoms with Crippen LogP contribution in [-0.2, 0) is 6.54 Å². The van der Waals surface area contributed by atoms with Crippen molar-refractivity contribution in [1.29, 1.82) is 0 Å². The second kappa shape index (κ2) is 10.9. The van der Waals surface area contributed by atoms with E-state index in [4.69, 9.17) is 5.73 Å². The van der Waals surface area contributed by atoms with Crippen molar-refractivity contribution in [3.63, 3.8) is 0 Å². The van der Waals surface area contributed by atoms with Crippen LogP contribution in [0.5, 0.6) is 0 Å². The molecule has 0 aromatic carbocycles. The molecule has 1 aromatic rings. The minimum atomic E-state index is 0. The maximum atomic E-state index is 5.86. The highest BCUT2D eigenvalue weighted by molar-refractivity contribution is 14.0. The van der Waals surface area contributed by atoms with E-state index in [2.05, 4.69) is 36.1 Å². The molecule has 0 aliphatic rings. The third kappa shape index (κ3) is 9.17. The molecule has 3 N–H and O–H groups in total. The van der Waals surface area contributed by atoms with Gasteiger partial charge in [0.15, 0.2) is 5.96 Å². The average molecular weight is 393 g/mol. The number of halogens is 1. The molecule has 1 atom stereocenters. The molecule has 0 amide bonds. The average Bonchev–Trinajstić information content (AvgIpc) is 2.81. The number of hydrogen-bond donors (Lipinski definition) is 2. The van der Waals surface area contributed by atoms with Crippen LogP contribution >= 0.6 is 24.0 Å². The fourth-order valence-corrected chi connectivity index (χ4v) is 1.91. The minimum Gasteiger partial charge on any atom is -0.370 e. The molecule has 1 heterocycles. The van der Waals surface area contributed by atoms with Gasteiger partial charge in [0.1, 0.15) is 0 Å². The topological polar surface area (TPSA) is 68.2 Å². The Hall–Kier alpha value is -0.790. The van der Waals surface area contributed by atoms with E-state index < -0.39 is 0 Å². The Bertz CT molecular complexity index is 362. The van der Waals surface area contributed by atoms with Crippen molar-refractivity contribution in [1.82, 2.24) is 14.9 Å². The Morgan fingerprint density at radius 1 is 1.35 bits per heavy atom. The molecule has 20 heavy (non-hydrogen) atoms. The van der Waals surface area contributed by atoms with Crippen molar-refractivity contribution < 1.29 is 0 Å². The number of aliphatic imine (C=N–C) groups is 1. The van der Waals surface area contributed by atoms with E-state index in [9.17, 15) is 0 Å². The molecule has 0 spiro atoms. The number of aromatic nitrogens is 2. The number of nitrogens with one attached hydrogen (secondary N) is 1. The smallest absolute Gasteiger partial charge is 0.188 e. The zero-order valence-corrected chi connectivity index (χ0v) is 15.1. The Kier molecular flexibility index (Phi) is 10.5. The van der Waals surface area contributed by atoms with Gasteiger partial charge in [-0.3, -0.25) is 4.99 Å². The van der Waals surface area contributed by atoms with Gasteiger partial charge in [-0.1, -0.05) is 26.7 Å². The highest BCUT2D eigenvalue weighted by Crippen LogP contribution is 2.07. The van der Waals surface area contributed by atoms with Gasteiger partial charge in [0.25, 0.3) is 0 Å². The molecule has 0 bridgehead atoms. The van der Waals surface area contributed by atoms with Crippen molar-refractivity contribution >= 4 is 29.9 Å². The van der Waals surface area contributed by atoms with Crippen LogP contribution in [0, 0.1) is 5.92 Å². The molecule has 1 rings (SSSR count). The number of rotatable bonds is 8. The Morgan fingerprint density at radius 3 is 2.70 bits per heavy atom. The summed E-state index contributed by atoms with van der Waals surface area (Å²) in [6, 6.07) is 0.385. The van der Waals surface area contributed by atoms with Crippen molar-refractivity contribution in [2.45, 2.75) is 52.6 Å². The van der Waals surface area contributed by atoms with Crippen LogP contribution in [0.1, 0.15) is 40.0 Å². The van der Waals surface area contributed by atoms with Gasteiger partial charge in [-0.2, -0.15) is 0 Å². The summed E-state index contributed by atoms with van der Waals surface area (Å²) >= 11 is 0. The van der Waals surface area contributed by atoms with Crippen LogP contribution < -0.4 is 11.1 Å². The lowest BCUT2D eigenvalue weighted by Gasteiger charge is -2.15. The predicted octanol–water partition coefficient (Wildman–Crippen LogP) is 2.62. The molecular weight excluding hydrogens is 365 g/mol. The summed E-state index contributed by atoms with van der Waals surface area (Å²) in [5, 5.41) is 3.24. The first-order chi connectivity index (χ1) is 9.08. The molecule has 0 radical (unpaired) electrons. The van der Waals surface area contributed by atoms with Crippen molar-refractivity contribution in [2.24, 2.45) is 16.6 Å². The van der Waals surface area contributed by atoms with Crippen LogP contribution in [0.3, 0.4) is 0 Å². The summed E-state index contributed by atoms with van der Waals surface area (Å²) < 4.78 is 1.99. The van der Waals surface area contributed by atoms with Gasteiger partial charge in [0.05, 0.1) is 12.9 Å². The van der Waals surface area contributed by atoms with E-state index in [1.54, 1.807) is 12.5 Å². The summed E-state index contributed by atoms with van der Waals surface area (Å²) in [6.45, 7) is 8.14. The number of imidazole rings is 1. The van der Waals surface area contributed by atoms with E-state index >= 15 is 0 Å². The Balaban J connectivity index is 0.00000361. The van der Waals surface area contributed by atoms with Gasteiger partial charge >= 0.3 is 0 Å². The van der Waals surface area contributed by atoms with Gasteiger partial charge in [0, 0.05) is 25.0 Å². The van der Waals surface area contributed by atoms with E-state index in [1.807, 2.05) is 10.8 Å². The SMILES string of the molecule is CC(C)CCCC(C)NC(N)=NCCn1ccnc1.I. The lowest BCUT2D eigenvalue weighted by molar-refractivity contribution is 0.493. The summed E-state index contributed by atoms with van der Waals surface area (Å²) in [6.07, 6.45) is 9.11. The van der Waals surface area contributed by atoms with E-state index in [-0.39, 0.29) is 24.0 Å². The molecule has 0 aliphatic carbocycles. The Morgan fingerprint density at radius 2 is 2.10 bits per heavy atom. The molecule has 0 saturated carbocycles. The van der Waals surface area contributed by atoms with Crippen molar-refractivity contribution in [3.05, 3.63) is 18.7 Å². The van der Waals surface area contributed by atoms with Gasteiger partial charge in [-0.05, 0) is 19.3 Å². The normalized spacial score (nSPS) is 13.1. The van der Waals surface area contributed by atoms with Gasteiger partial charge in [-0.25, -0.2) is 4.98 Å². The zero-order valence-electron chi connectivity index (χ0n) is 12.7. The van der Waals surface area contributed by atoms with Crippen LogP contribution in [0.15, 0.2) is 23.7 Å². The summed E-state index contributed by atoms with van der Waals surface area (Å²) in [4.78, 5) is 8.30. The Labute approximate surface area is 139 Å². The standard InChI is InChI=1S/C14H27N5.HI/c1-12(2)5-4-6-13(3)18-14(15)17-8-10-19-9-7-16-11-19;/h7,9,11-13H,4-6,8,10H2,1-3H3,(H3,15,17,18);1H. The first-order valence-corrected chi connectivity index (χ1v) is 7.10. The highest BCUT2D eigenvalue weighted by atomic mass is 127. The molecule has 1 unspecified atom stereocenters. The third-order valence-electron chi connectivity index (χ3n) is 3.01. The van der Waals surface area contributed by atoms with Crippen LogP contribution in [-0.4, -0.2) is 28.1 Å². The van der Waals surface area contributed by atoms with Gasteiger partial charge in [-0.15, -0.1) is 24.0 Å². The molecule has 0 fully saturated rings. The lowest BCUT2D eigenvalue weighted by Crippen LogP contribution is -2.38. The molecule has 1 aromatic heterocycles. The largest absolute Gasteiger partial charge is 0.370 e. The van der Waals surface area contributed by atoms with Crippen molar-refractivity contribution in [2.75, 3.05) is 6.54 Å². The molecule has 6 heteroatoms. The second-order valence-electron chi connectivity index (χ2n) is 5.44. The molecular formula is C14H28IN5. The predicted molar refractivity (Wildman–Crippen MR) is 95.4 cm³/mol. The summed E-state index contributed by atoms with van der Waals surface area (Å²) in [7, 11) is 0. The minimum absolute atomic E-state index is 0. The molecule has 0 aliphatic heterocycles. The lowest BCUT2D eigenvalue weighted by atomic mass is 10.0. The van der Waals surface area contributed by atoms with Crippen LogP contribution in [0.25, 0.3) is 0 Å². The van der Waals surface area contributed by atoms with E-state index in [0.717, 1.165) is 18.9 Å². The summed E-state index contributed by atoms with van der Waals surface area (Å²) in [5.41, 5.74) is 5.86. The zero-order chi connectivity index (χ0) is 14.1. The fraction of sp³-hybridized carbons (Fsp3) is 0.714. The number of hydrogen-bond acceptors (Lipinski definition) is 2. The first-order valence-electron chi connectivity index (χ1n) is 7.10. The molecule has 116 valence electrons. The third-order valence-corrected chi connectivity index (χ3v) is 3.01.